The standard InChI is InChI=1S/C20H22N6O.C2HF3O2/c1-2-26-8-4-6-14(26)12-24-20-17(11-22)18(16(10-21)19(23)25-20)13-5-3-7-15(27)9-13;3-2(4,5)1(6)7/h3,5,7,9,14,27H,2,4,6,8,12H2,1H3,(H3,23,24,25);(H,6,7). The van der Waals surface area contributed by atoms with E-state index in [2.05, 4.69) is 28.2 Å². The molecular weight excluding hydrogens is 453 g/mol. The van der Waals surface area contributed by atoms with Crippen molar-refractivity contribution in [3.8, 4) is 29.0 Å². The highest BCUT2D eigenvalue weighted by molar-refractivity contribution is 5.85. The Balaban J connectivity index is 0.000000509. The van der Waals surface area contributed by atoms with Crippen molar-refractivity contribution >= 4 is 17.6 Å². The van der Waals surface area contributed by atoms with E-state index in [9.17, 15) is 28.8 Å². The number of hydrogen-bond donors (Lipinski definition) is 4. The zero-order valence-electron chi connectivity index (χ0n) is 18.2. The van der Waals surface area contributed by atoms with Crippen LogP contribution in [0.2, 0.25) is 0 Å². The van der Waals surface area contributed by atoms with Crippen LogP contribution in [0.4, 0.5) is 24.8 Å². The molecule has 2 heterocycles. The van der Waals surface area contributed by atoms with Gasteiger partial charge in [0.15, 0.2) is 0 Å². The first kappa shape index (κ1) is 26.2. The molecule has 180 valence electrons. The Morgan fingerprint density at radius 1 is 1.32 bits per heavy atom. The van der Waals surface area contributed by atoms with Crippen LogP contribution >= 0.6 is 0 Å². The van der Waals surface area contributed by atoms with E-state index in [1.165, 1.54) is 12.1 Å². The number of pyridine rings is 1. The maximum atomic E-state index is 10.6. The minimum atomic E-state index is -5.08. The fourth-order valence-electron chi connectivity index (χ4n) is 3.66. The minimum absolute atomic E-state index is 0.0507. The van der Waals surface area contributed by atoms with Crippen molar-refractivity contribution in [2.24, 2.45) is 0 Å². The Kier molecular flexibility index (Phi) is 8.64. The van der Waals surface area contributed by atoms with Gasteiger partial charge >= 0.3 is 12.1 Å². The van der Waals surface area contributed by atoms with Crippen molar-refractivity contribution in [3.63, 3.8) is 0 Å². The number of nitrogens with two attached hydrogens (primary N) is 1. The molecule has 1 atom stereocenters. The number of likely N-dealkylation sites (N-methyl/N-ethyl adjacent to an activating group) is 1. The van der Waals surface area contributed by atoms with Gasteiger partial charge in [-0.3, -0.25) is 4.90 Å². The molecule has 0 aliphatic carbocycles. The van der Waals surface area contributed by atoms with Crippen LogP contribution in [-0.4, -0.2) is 57.9 Å². The van der Waals surface area contributed by atoms with Gasteiger partial charge in [0.2, 0.25) is 0 Å². The van der Waals surface area contributed by atoms with E-state index in [0.29, 0.717) is 29.5 Å². The number of phenols is 1. The molecule has 12 heteroatoms. The number of nitrogen functional groups attached to an aromatic ring is 1. The second kappa shape index (κ2) is 11.2. The number of anilines is 2. The number of aromatic nitrogens is 1. The van der Waals surface area contributed by atoms with E-state index in [1.54, 1.807) is 12.1 Å². The summed E-state index contributed by atoms with van der Waals surface area (Å²) in [5.74, 6) is -2.27. The van der Waals surface area contributed by atoms with E-state index >= 15 is 0 Å². The summed E-state index contributed by atoms with van der Waals surface area (Å²) in [5.41, 5.74) is 7.35. The van der Waals surface area contributed by atoms with E-state index < -0.39 is 12.1 Å². The van der Waals surface area contributed by atoms with Gasteiger partial charge < -0.3 is 21.3 Å². The number of carboxylic acid groups (broad SMARTS) is 1. The Morgan fingerprint density at radius 2 is 1.97 bits per heavy atom. The molecule has 0 spiro atoms. The molecule has 5 N–H and O–H groups in total. The van der Waals surface area contributed by atoms with Crippen LogP contribution in [-0.2, 0) is 4.79 Å². The lowest BCUT2D eigenvalue weighted by molar-refractivity contribution is -0.192. The molecule has 1 unspecified atom stereocenters. The number of nitrogens with one attached hydrogen (secondary N) is 1. The number of phenolic OH excluding ortho intramolecular Hbond substituents is 1. The van der Waals surface area contributed by atoms with Gasteiger partial charge in [-0.05, 0) is 43.6 Å². The number of carbonyl (C=O) groups is 1. The van der Waals surface area contributed by atoms with Crippen molar-refractivity contribution in [1.82, 2.24) is 9.88 Å². The van der Waals surface area contributed by atoms with Crippen LogP contribution < -0.4 is 11.1 Å². The Bertz CT molecular complexity index is 1120. The molecule has 2 aromatic rings. The van der Waals surface area contributed by atoms with E-state index in [4.69, 9.17) is 15.6 Å². The van der Waals surface area contributed by atoms with Gasteiger partial charge in [0.25, 0.3) is 0 Å². The lowest BCUT2D eigenvalue weighted by Crippen LogP contribution is -2.35. The third-order valence-electron chi connectivity index (χ3n) is 5.24. The van der Waals surface area contributed by atoms with Crippen LogP contribution in [0.1, 0.15) is 30.9 Å². The normalized spacial score (nSPS) is 15.5. The number of likely N-dealkylation sites (tertiary alicyclic amines) is 1. The maximum Gasteiger partial charge on any atom is 0.490 e. The number of aromatic hydroxyl groups is 1. The molecule has 9 nitrogen and oxygen atoms in total. The number of nitriles is 2. The summed E-state index contributed by atoms with van der Waals surface area (Å²) in [6.07, 6.45) is -2.84. The molecule has 0 radical (unpaired) electrons. The second-order valence-electron chi connectivity index (χ2n) is 7.35. The SMILES string of the molecule is CCN1CCCC1CNc1nc(N)c(C#N)c(-c2cccc(O)c2)c1C#N.O=C(O)C(F)(F)F. The first-order chi connectivity index (χ1) is 16.0. The average molecular weight is 476 g/mol. The highest BCUT2D eigenvalue weighted by Crippen LogP contribution is 2.35. The zero-order chi connectivity index (χ0) is 25.5. The summed E-state index contributed by atoms with van der Waals surface area (Å²) in [4.78, 5) is 15.6. The highest BCUT2D eigenvalue weighted by Gasteiger charge is 2.38. The van der Waals surface area contributed by atoms with Gasteiger partial charge in [0.05, 0.1) is 0 Å². The summed E-state index contributed by atoms with van der Waals surface area (Å²) >= 11 is 0. The quantitative estimate of drug-likeness (QED) is 0.508. The number of benzene rings is 1. The van der Waals surface area contributed by atoms with Crippen molar-refractivity contribution in [1.29, 1.82) is 10.5 Å². The predicted octanol–water partition coefficient (Wildman–Crippen LogP) is 3.31. The molecule has 1 aliphatic heterocycles. The molecule has 1 fully saturated rings. The number of nitrogens with zero attached hydrogens (tertiary/aromatic N) is 4. The summed E-state index contributed by atoms with van der Waals surface area (Å²) in [7, 11) is 0. The summed E-state index contributed by atoms with van der Waals surface area (Å²) in [5, 5.41) is 39.5. The van der Waals surface area contributed by atoms with Gasteiger partial charge in [-0.2, -0.15) is 23.7 Å². The number of hydrogen-bond acceptors (Lipinski definition) is 8. The van der Waals surface area contributed by atoms with E-state index in [0.717, 1.165) is 25.9 Å². The predicted molar refractivity (Wildman–Crippen MR) is 118 cm³/mol. The first-order valence-corrected chi connectivity index (χ1v) is 10.2. The van der Waals surface area contributed by atoms with E-state index in [-0.39, 0.29) is 22.7 Å². The fraction of sp³-hybridized carbons (Fsp3) is 0.364. The third-order valence-corrected chi connectivity index (χ3v) is 5.24. The van der Waals surface area contributed by atoms with Crippen LogP contribution in [0, 0.1) is 22.7 Å². The van der Waals surface area contributed by atoms with Crippen LogP contribution in [0.15, 0.2) is 24.3 Å². The monoisotopic (exact) mass is 476 g/mol. The van der Waals surface area contributed by atoms with Gasteiger partial charge in [0, 0.05) is 18.2 Å². The number of alkyl halides is 3. The van der Waals surface area contributed by atoms with Crippen molar-refractivity contribution < 1.29 is 28.2 Å². The highest BCUT2D eigenvalue weighted by atomic mass is 19.4. The molecule has 3 rings (SSSR count). The number of aliphatic carboxylic acids is 1. The summed E-state index contributed by atoms with van der Waals surface area (Å²) in [6, 6.07) is 11.0. The smallest absolute Gasteiger partial charge is 0.490 e. The molecular formula is C22H23F3N6O3. The molecule has 1 saturated heterocycles. The molecule has 34 heavy (non-hydrogen) atoms. The average Bonchev–Trinajstić information content (AvgIpc) is 3.24. The topological polar surface area (TPSA) is 159 Å². The first-order valence-electron chi connectivity index (χ1n) is 10.2. The maximum absolute atomic E-state index is 10.6. The van der Waals surface area contributed by atoms with Crippen LogP contribution in [0.3, 0.4) is 0 Å². The molecule has 0 bridgehead atoms. The van der Waals surface area contributed by atoms with Crippen LogP contribution in [0.5, 0.6) is 5.75 Å². The lowest BCUT2D eigenvalue weighted by Gasteiger charge is -2.24. The Labute approximate surface area is 193 Å². The molecule has 0 saturated carbocycles. The van der Waals surface area contributed by atoms with Gasteiger partial charge in [-0.1, -0.05) is 19.1 Å². The van der Waals surface area contributed by atoms with Crippen molar-refractivity contribution in [2.75, 3.05) is 30.7 Å². The van der Waals surface area contributed by atoms with Crippen LogP contribution in [0.25, 0.3) is 11.1 Å². The lowest BCUT2D eigenvalue weighted by atomic mass is 9.96. The molecule has 0 amide bonds. The zero-order valence-corrected chi connectivity index (χ0v) is 18.2. The number of carboxylic acids is 1. The molecule has 1 aromatic heterocycles. The van der Waals surface area contributed by atoms with E-state index in [1.807, 2.05) is 6.07 Å². The summed E-state index contributed by atoms with van der Waals surface area (Å²) < 4.78 is 31.7. The number of rotatable bonds is 5. The molecule has 1 aromatic carbocycles. The minimum Gasteiger partial charge on any atom is -0.508 e. The fourth-order valence-corrected chi connectivity index (χ4v) is 3.66. The number of halogens is 3. The Hall–Kier alpha value is -4.03. The second-order valence-corrected chi connectivity index (χ2v) is 7.35. The van der Waals surface area contributed by atoms with Gasteiger partial charge in [0.1, 0.15) is 40.7 Å². The Morgan fingerprint density at radius 3 is 2.50 bits per heavy atom. The third kappa shape index (κ3) is 6.27. The summed E-state index contributed by atoms with van der Waals surface area (Å²) in [6.45, 7) is 4.84. The van der Waals surface area contributed by atoms with Gasteiger partial charge in [-0.15, -0.1) is 0 Å². The van der Waals surface area contributed by atoms with Gasteiger partial charge in [-0.25, -0.2) is 9.78 Å². The van der Waals surface area contributed by atoms with Crippen molar-refractivity contribution in [2.45, 2.75) is 32.0 Å². The molecule has 1 aliphatic rings. The van der Waals surface area contributed by atoms with Crippen molar-refractivity contribution in [3.05, 3.63) is 35.4 Å². The largest absolute Gasteiger partial charge is 0.508 e.